The van der Waals surface area contributed by atoms with Crippen LogP contribution in [0.5, 0.6) is 0 Å². The van der Waals surface area contributed by atoms with E-state index in [1.165, 1.54) is 6.07 Å². The summed E-state index contributed by atoms with van der Waals surface area (Å²) in [5.41, 5.74) is 0.300. The molecule has 2 aliphatic rings. The predicted molar refractivity (Wildman–Crippen MR) is 90.2 cm³/mol. The Balaban J connectivity index is 1.45. The largest absolute Gasteiger partial charge is 0.481 e. The second kappa shape index (κ2) is 6.70. The second-order valence-corrected chi connectivity index (χ2v) is 6.79. The Morgan fingerprint density at radius 3 is 2.60 bits per heavy atom. The summed E-state index contributed by atoms with van der Waals surface area (Å²) in [5.74, 6) is -0.980. The Morgan fingerprint density at radius 2 is 2.00 bits per heavy atom. The van der Waals surface area contributed by atoms with Gasteiger partial charge in [0.2, 0.25) is 5.91 Å². The Hall–Kier alpha value is -2.64. The molecule has 1 aromatic carbocycles. The van der Waals surface area contributed by atoms with Gasteiger partial charge < -0.3 is 15.3 Å². The molecule has 1 spiro atoms. The summed E-state index contributed by atoms with van der Waals surface area (Å²) in [5, 5.41) is 23.0. The van der Waals surface area contributed by atoms with Crippen LogP contribution in [0.2, 0.25) is 0 Å². The van der Waals surface area contributed by atoms with Gasteiger partial charge in [-0.25, -0.2) is 0 Å². The third-order valence-corrected chi connectivity index (χ3v) is 5.35. The number of aliphatic carboxylic acids is 1. The van der Waals surface area contributed by atoms with Gasteiger partial charge in [0, 0.05) is 32.1 Å². The maximum atomic E-state index is 12.3. The summed E-state index contributed by atoms with van der Waals surface area (Å²) in [7, 11) is 0. The van der Waals surface area contributed by atoms with E-state index in [-0.39, 0.29) is 29.3 Å². The van der Waals surface area contributed by atoms with E-state index in [9.17, 15) is 19.7 Å². The van der Waals surface area contributed by atoms with Gasteiger partial charge in [-0.05, 0) is 30.7 Å². The van der Waals surface area contributed by atoms with E-state index in [2.05, 4.69) is 5.32 Å². The van der Waals surface area contributed by atoms with Gasteiger partial charge >= 0.3 is 5.97 Å². The van der Waals surface area contributed by atoms with Crippen molar-refractivity contribution in [3.63, 3.8) is 0 Å². The minimum Gasteiger partial charge on any atom is -0.481 e. The third kappa shape index (κ3) is 3.57. The van der Waals surface area contributed by atoms with Crippen LogP contribution in [0.4, 0.5) is 11.4 Å². The molecule has 0 bridgehead atoms. The van der Waals surface area contributed by atoms with E-state index in [1.54, 1.807) is 23.1 Å². The van der Waals surface area contributed by atoms with Crippen LogP contribution < -0.4 is 5.32 Å². The fourth-order valence-electron chi connectivity index (χ4n) is 3.70. The molecule has 8 heteroatoms. The van der Waals surface area contributed by atoms with Crippen molar-refractivity contribution in [2.75, 3.05) is 25.0 Å². The van der Waals surface area contributed by atoms with Crippen molar-refractivity contribution >= 4 is 23.3 Å². The summed E-state index contributed by atoms with van der Waals surface area (Å²) in [4.78, 5) is 35.6. The number of carboxylic acids is 1. The van der Waals surface area contributed by atoms with Crippen molar-refractivity contribution in [2.45, 2.75) is 25.7 Å². The number of carbonyl (C=O) groups excluding carboxylic acids is 1. The van der Waals surface area contributed by atoms with E-state index in [0.717, 1.165) is 19.3 Å². The van der Waals surface area contributed by atoms with Crippen LogP contribution in [0.3, 0.4) is 0 Å². The van der Waals surface area contributed by atoms with Crippen LogP contribution in [-0.4, -0.2) is 46.4 Å². The van der Waals surface area contributed by atoms with Crippen molar-refractivity contribution in [3.05, 3.63) is 34.4 Å². The van der Waals surface area contributed by atoms with Gasteiger partial charge in [-0.1, -0.05) is 12.1 Å². The van der Waals surface area contributed by atoms with E-state index in [0.29, 0.717) is 25.3 Å². The summed E-state index contributed by atoms with van der Waals surface area (Å²) >= 11 is 0. The lowest BCUT2D eigenvalue weighted by molar-refractivity contribution is -0.384. The number of carbonyl (C=O) groups is 2. The Labute approximate surface area is 145 Å². The first kappa shape index (κ1) is 17.2. The fraction of sp³-hybridized carbons (Fsp3) is 0.529. The molecule has 1 saturated carbocycles. The number of nitrogens with zero attached hydrogens (tertiary/aromatic N) is 2. The molecule has 1 atom stereocenters. The van der Waals surface area contributed by atoms with Crippen molar-refractivity contribution in [1.29, 1.82) is 0 Å². The Morgan fingerprint density at radius 1 is 1.32 bits per heavy atom. The highest BCUT2D eigenvalue weighted by atomic mass is 16.6. The van der Waals surface area contributed by atoms with E-state index < -0.39 is 10.9 Å². The molecule has 1 amide bonds. The van der Waals surface area contributed by atoms with Crippen molar-refractivity contribution < 1.29 is 19.6 Å². The molecule has 2 fully saturated rings. The zero-order valence-corrected chi connectivity index (χ0v) is 13.8. The predicted octanol–water partition coefficient (Wildman–Crippen LogP) is 2.11. The highest BCUT2D eigenvalue weighted by molar-refractivity contribution is 5.78. The lowest BCUT2D eigenvalue weighted by Crippen LogP contribution is -2.40. The van der Waals surface area contributed by atoms with Crippen molar-refractivity contribution in [1.82, 2.24) is 4.90 Å². The molecule has 134 valence electrons. The highest BCUT2D eigenvalue weighted by Crippen LogP contribution is 2.59. The third-order valence-electron chi connectivity index (χ3n) is 5.35. The first-order chi connectivity index (χ1) is 11.9. The zero-order valence-electron chi connectivity index (χ0n) is 13.8. The standard InChI is InChI=1S/C17H21N3O5/c21-15(5-8-18-13-3-1-2-4-14(13)20(24)25)19-9-6-17(7-10-19)11-12(17)16(22)23/h1-4,12,18H,5-11H2,(H,22,23). The maximum Gasteiger partial charge on any atom is 0.307 e. The Kier molecular flexibility index (Phi) is 4.61. The van der Waals surface area contributed by atoms with E-state index in [1.807, 2.05) is 0 Å². The van der Waals surface area contributed by atoms with Crippen LogP contribution in [0.1, 0.15) is 25.7 Å². The number of nitro benzene ring substituents is 1. The average molecular weight is 347 g/mol. The number of para-hydroxylation sites is 2. The van der Waals surface area contributed by atoms with Crippen LogP contribution in [-0.2, 0) is 9.59 Å². The normalized spacial score (nSPS) is 21.0. The van der Waals surface area contributed by atoms with Gasteiger partial charge in [-0.3, -0.25) is 19.7 Å². The molecule has 3 rings (SSSR count). The first-order valence-corrected chi connectivity index (χ1v) is 8.41. The fourth-order valence-corrected chi connectivity index (χ4v) is 3.70. The van der Waals surface area contributed by atoms with Gasteiger partial charge in [0.1, 0.15) is 5.69 Å². The summed E-state index contributed by atoms with van der Waals surface area (Å²) in [6.45, 7) is 1.51. The number of hydrogen-bond acceptors (Lipinski definition) is 5. The molecular weight excluding hydrogens is 326 g/mol. The molecule has 1 aliphatic heterocycles. The minimum absolute atomic E-state index is 0.00606. The van der Waals surface area contributed by atoms with Gasteiger partial charge in [0.25, 0.3) is 5.69 Å². The molecule has 25 heavy (non-hydrogen) atoms. The maximum absolute atomic E-state index is 12.3. The van der Waals surface area contributed by atoms with Gasteiger partial charge in [0.15, 0.2) is 0 Å². The summed E-state index contributed by atoms with van der Waals surface area (Å²) in [6, 6.07) is 6.34. The number of rotatable bonds is 6. The highest BCUT2D eigenvalue weighted by Gasteiger charge is 2.59. The number of nitrogens with one attached hydrogen (secondary N) is 1. The average Bonchev–Trinajstić information content (AvgIpc) is 3.29. The molecule has 1 aliphatic carbocycles. The molecule has 2 N–H and O–H groups in total. The van der Waals surface area contributed by atoms with Crippen molar-refractivity contribution in [2.24, 2.45) is 11.3 Å². The number of anilines is 1. The van der Waals surface area contributed by atoms with Crippen molar-refractivity contribution in [3.8, 4) is 0 Å². The second-order valence-electron chi connectivity index (χ2n) is 6.79. The van der Waals surface area contributed by atoms with E-state index in [4.69, 9.17) is 5.11 Å². The molecule has 0 aromatic heterocycles. The lowest BCUT2D eigenvalue weighted by atomic mass is 9.90. The summed E-state index contributed by atoms with van der Waals surface area (Å²) < 4.78 is 0. The molecular formula is C17H21N3O5. The SMILES string of the molecule is O=C(O)C1CC12CCN(C(=O)CCNc1ccccc1[N+](=O)[O-])CC2. The molecule has 1 unspecified atom stereocenters. The van der Waals surface area contributed by atoms with Gasteiger partial charge in [-0.2, -0.15) is 0 Å². The van der Waals surface area contributed by atoms with Crippen LogP contribution >= 0.6 is 0 Å². The number of likely N-dealkylation sites (tertiary alicyclic amines) is 1. The lowest BCUT2D eigenvalue weighted by Gasteiger charge is -2.32. The van der Waals surface area contributed by atoms with Crippen LogP contribution in [0.15, 0.2) is 24.3 Å². The number of carboxylic acid groups (broad SMARTS) is 1. The number of nitro groups is 1. The zero-order chi connectivity index (χ0) is 18.0. The Bertz CT molecular complexity index is 697. The quantitative estimate of drug-likeness (QED) is 0.602. The smallest absolute Gasteiger partial charge is 0.307 e. The number of amides is 1. The van der Waals surface area contributed by atoms with Crippen LogP contribution in [0, 0.1) is 21.4 Å². The molecule has 1 heterocycles. The number of piperidine rings is 1. The summed E-state index contributed by atoms with van der Waals surface area (Å²) in [6.07, 6.45) is 2.46. The topological polar surface area (TPSA) is 113 Å². The van der Waals surface area contributed by atoms with E-state index >= 15 is 0 Å². The molecule has 8 nitrogen and oxygen atoms in total. The number of benzene rings is 1. The minimum atomic E-state index is -0.728. The molecule has 1 aromatic rings. The molecule has 1 saturated heterocycles. The first-order valence-electron chi connectivity index (χ1n) is 8.41. The van der Waals surface area contributed by atoms with Gasteiger partial charge in [-0.15, -0.1) is 0 Å². The van der Waals surface area contributed by atoms with Crippen LogP contribution in [0.25, 0.3) is 0 Å². The monoisotopic (exact) mass is 347 g/mol. The van der Waals surface area contributed by atoms with Gasteiger partial charge in [0.05, 0.1) is 10.8 Å². The molecule has 0 radical (unpaired) electrons. The number of hydrogen-bond donors (Lipinski definition) is 2.